The van der Waals surface area contributed by atoms with Crippen molar-refractivity contribution < 1.29 is 4.79 Å². The van der Waals surface area contributed by atoms with Crippen LogP contribution in [0.2, 0.25) is 0 Å². The fraction of sp³-hybridized carbons (Fsp3) is 0.857. The number of amides is 1. The zero-order valence-electron chi connectivity index (χ0n) is 10.5. The quantitative estimate of drug-likeness (QED) is 0.695. The maximum atomic E-state index is 12.3. The van der Waals surface area contributed by atoms with Crippen LogP contribution in [0, 0.1) is 34.5 Å². The summed E-state index contributed by atoms with van der Waals surface area (Å²) < 4.78 is 0. The smallest absolute Gasteiger partial charge is 0.226 e. The first-order chi connectivity index (χ1) is 8.14. The molecule has 1 saturated heterocycles. The molecule has 2 atom stereocenters. The van der Waals surface area contributed by atoms with E-state index >= 15 is 0 Å². The van der Waals surface area contributed by atoms with Gasteiger partial charge in [-0.3, -0.25) is 4.79 Å². The minimum Gasteiger partial charge on any atom is -0.342 e. The SMILES string of the molecule is CC1(C#N)CCN(C(=O)C2C3CCCC32)CC1. The topological polar surface area (TPSA) is 44.1 Å². The van der Waals surface area contributed by atoms with Gasteiger partial charge in [-0.25, -0.2) is 0 Å². The van der Waals surface area contributed by atoms with Gasteiger partial charge in [-0.05, 0) is 44.4 Å². The molecule has 17 heavy (non-hydrogen) atoms. The molecule has 0 radical (unpaired) electrons. The Kier molecular flexibility index (Phi) is 2.43. The Balaban J connectivity index is 1.57. The van der Waals surface area contributed by atoms with E-state index < -0.39 is 0 Å². The highest BCUT2D eigenvalue weighted by atomic mass is 16.2. The van der Waals surface area contributed by atoms with Gasteiger partial charge in [0, 0.05) is 19.0 Å². The molecule has 92 valence electrons. The van der Waals surface area contributed by atoms with E-state index in [2.05, 4.69) is 6.07 Å². The van der Waals surface area contributed by atoms with Crippen molar-refractivity contribution in [3.63, 3.8) is 0 Å². The van der Waals surface area contributed by atoms with E-state index in [1.165, 1.54) is 19.3 Å². The van der Waals surface area contributed by atoms with Crippen LogP contribution in [-0.2, 0) is 4.79 Å². The lowest BCUT2D eigenvalue weighted by Gasteiger charge is -2.35. The molecule has 0 aromatic carbocycles. The van der Waals surface area contributed by atoms with Crippen molar-refractivity contribution in [2.24, 2.45) is 23.2 Å². The summed E-state index contributed by atoms with van der Waals surface area (Å²) >= 11 is 0. The lowest BCUT2D eigenvalue weighted by Crippen LogP contribution is -2.42. The highest BCUT2D eigenvalue weighted by molar-refractivity contribution is 5.82. The second-order valence-electron chi connectivity index (χ2n) is 6.28. The van der Waals surface area contributed by atoms with E-state index in [0.717, 1.165) is 25.9 Å². The number of fused-ring (bicyclic) bond motifs is 1. The third kappa shape index (κ3) is 1.74. The standard InChI is InChI=1S/C14H20N2O/c1-14(9-15)5-7-16(8-6-14)13(17)12-10-3-2-4-11(10)12/h10-12H,2-8H2,1H3. The molecule has 1 aliphatic heterocycles. The molecule has 0 spiro atoms. The molecule has 2 aliphatic carbocycles. The number of likely N-dealkylation sites (tertiary alicyclic amines) is 1. The van der Waals surface area contributed by atoms with Crippen molar-refractivity contribution in [3.8, 4) is 6.07 Å². The van der Waals surface area contributed by atoms with Gasteiger partial charge >= 0.3 is 0 Å². The van der Waals surface area contributed by atoms with Gasteiger partial charge in [-0.15, -0.1) is 0 Å². The van der Waals surface area contributed by atoms with Crippen LogP contribution in [-0.4, -0.2) is 23.9 Å². The Labute approximate surface area is 103 Å². The maximum Gasteiger partial charge on any atom is 0.226 e. The number of carbonyl (C=O) groups excluding carboxylic acids is 1. The molecule has 1 heterocycles. The third-order valence-corrected chi connectivity index (χ3v) is 5.14. The lowest BCUT2D eigenvalue weighted by molar-refractivity contribution is -0.135. The van der Waals surface area contributed by atoms with Gasteiger partial charge in [-0.2, -0.15) is 5.26 Å². The van der Waals surface area contributed by atoms with E-state index in [9.17, 15) is 4.79 Å². The van der Waals surface area contributed by atoms with E-state index in [-0.39, 0.29) is 5.41 Å². The van der Waals surface area contributed by atoms with Crippen LogP contribution in [0.4, 0.5) is 0 Å². The fourth-order valence-corrected chi connectivity index (χ4v) is 3.73. The summed E-state index contributed by atoms with van der Waals surface area (Å²) in [6, 6.07) is 2.39. The maximum absolute atomic E-state index is 12.3. The van der Waals surface area contributed by atoms with Gasteiger partial charge in [0.25, 0.3) is 0 Å². The average molecular weight is 232 g/mol. The number of piperidine rings is 1. The van der Waals surface area contributed by atoms with Crippen molar-refractivity contribution in [2.75, 3.05) is 13.1 Å². The van der Waals surface area contributed by atoms with E-state index in [4.69, 9.17) is 5.26 Å². The number of hydrogen-bond donors (Lipinski definition) is 0. The van der Waals surface area contributed by atoms with Gasteiger partial charge in [0.2, 0.25) is 5.91 Å². The Bertz CT molecular complexity index is 366. The monoisotopic (exact) mass is 232 g/mol. The van der Waals surface area contributed by atoms with Crippen LogP contribution in [0.3, 0.4) is 0 Å². The number of nitriles is 1. The van der Waals surface area contributed by atoms with Crippen LogP contribution >= 0.6 is 0 Å². The zero-order valence-corrected chi connectivity index (χ0v) is 10.5. The van der Waals surface area contributed by atoms with E-state index in [1.54, 1.807) is 0 Å². The first kappa shape index (κ1) is 11.1. The van der Waals surface area contributed by atoms with Gasteiger partial charge in [0.05, 0.1) is 11.5 Å². The van der Waals surface area contributed by atoms with Crippen LogP contribution < -0.4 is 0 Å². The summed E-state index contributed by atoms with van der Waals surface area (Å²) in [5, 5.41) is 9.07. The second-order valence-corrected chi connectivity index (χ2v) is 6.28. The number of hydrogen-bond acceptors (Lipinski definition) is 2. The van der Waals surface area contributed by atoms with Crippen molar-refractivity contribution in [3.05, 3.63) is 0 Å². The molecule has 3 heteroatoms. The molecule has 2 saturated carbocycles. The Hall–Kier alpha value is -1.04. The van der Waals surface area contributed by atoms with Gasteiger partial charge < -0.3 is 4.90 Å². The van der Waals surface area contributed by atoms with Crippen molar-refractivity contribution in [2.45, 2.75) is 39.0 Å². The Morgan fingerprint density at radius 3 is 2.41 bits per heavy atom. The van der Waals surface area contributed by atoms with Gasteiger partial charge in [-0.1, -0.05) is 6.42 Å². The molecule has 0 N–H and O–H groups in total. The summed E-state index contributed by atoms with van der Waals surface area (Å²) in [5.74, 6) is 2.17. The number of carbonyl (C=O) groups is 1. The molecule has 3 rings (SSSR count). The molecule has 3 nitrogen and oxygen atoms in total. The Morgan fingerprint density at radius 2 is 1.88 bits per heavy atom. The van der Waals surface area contributed by atoms with Crippen molar-refractivity contribution >= 4 is 5.91 Å². The van der Waals surface area contributed by atoms with E-state index in [1.807, 2.05) is 11.8 Å². The lowest BCUT2D eigenvalue weighted by atomic mass is 9.82. The van der Waals surface area contributed by atoms with Gasteiger partial charge in [0.1, 0.15) is 0 Å². The Morgan fingerprint density at radius 1 is 1.29 bits per heavy atom. The van der Waals surface area contributed by atoms with Crippen LogP contribution in [0.25, 0.3) is 0 Å². The van der Waals surface area contributed by atoms with Crippen molar-refractivity contribution in [1.29, 1.82) is 5.26 Å². The van der Waals surface area contributed by atoms with Gasteiger partial charge in [0.15, 0.2) is 0 Å². The summed E-state index contributed by atoms with van der Waals surface area (Å²) in [4.78, 5) is 14.3. The molecule has 1 amide bonds. The fourth-order valence-electron chi connectivity index (χ4n) is 3.73. The largest absolute Gasteiger partial charge is 0.342 e. The second kappa shape index (κ2) is 3.73. The first-order valence-corrected chi connectivity index (χ1v) is 6.85. The zero-order chi connectivity index (χ0) is 12.0. The van der Waals surface area contributed by atoms with Crippen molar-refractivity contribution in [1.82, 2.24) is 4.90 Å². The molecule has 0 aromatic rings. The van der Waals surface area contributed by atoms with Crippen LogP contribution in [0.5, 0.6) is 0 Å². The summed E-state index contributed by atoms with van der Waals surface area (Å²) in [6.45, 7) is 3.60. The predicted octanol–water partition coefficient (Wildman–Crippen LogP) is 2.18. The molecular formula is C14H20N2O. The first-order valence-electron chi connectivity index (χ1n) is 6.85. The minimum atomic E-state index is -0.198. The molecule has 0 bridgehead atoms. The number of rotatable bonds is 1. The normalized spacial score (nSPS) is 38.4. The average Bonchev–Trinajstić information content (AvgIpc) is 2.82. The molecular weight excluding hydrogens is 212 g/mol. The van der Waals surface area contributed by atoms with Crippen LogP contribution in [0.1, 0.15) is 39.0 Å². The molecule has 0 aromatic heterocycles. The predicted molar refractivity (Wildman–Crippen MR) is 63.9 cm³/mol. The highest BCUT2D eigenvalue weighted by Crippen LogP contribution is 2.58. The molecule has 3 aliphatic rings. The highest BCUT2D eigenvalue weighted by Gasteiger charge is 2.57. The number of nitrogens with zero attached hydrogens (tertiary/aromatic N) is 2. The third-order valence-electron chi connectivity index (χ3n) is 5.14. The molecule has 2 unspecified atom stereocenters. The minimum absolute atomic E-state index is 0.198. The summed E-state index contributed by atoms with van der Waals surface area (Å²) in [6.07, 6.45) is 5.55. The molecule has 3 fully saturated rings. The van der Waals surface area contributed by atoms with Crippen LogP contribution in [0.15, 0.2) is 0 Å². The van der Waals surface area contributed by atoms with E-state index in [0.29, 0.717) is 23.7 Å². The summed E-state index contributed by atoms with van der Waals surface area (Å²) in [7, 11) is 0. The summed E-state index contributed by atoms with van der Waals surface area (Å²) in [5.41, 5.74) is -0.198.